The molecule has 12 heteroatoms. The fraction of sp³-hybridized carbons (Fsp3) is 0.478. The summed E-state index contributed by atoms with van der Waals surface area (Å²) in [7, 11) is 3.32. The van der Waals surface area contributed by atoms with Gasteiger partial charge < -0.3 is 30.0 Å². The second-order valence-corrected chi connectivity index (χ2v) is 8.71. The molecule has 1 aliphatic heterocycles. The highest BCUT2D eigenvalue weighted by molar-refractivity contribution is 6.00. The second-order valence-electron chi connectivity index (χ2n) is 8.71. The first-order chi connectivity index (χ1) is 17.0. The molecule has 2 unspecified atom stereocenters. The molecule has 0 bridgehead atoms. The van der Waals surface area contributed by atoms with E-state index in [2.05, 4.69) is 26.0 Å². The third-order valence-electron chi connectivity index (χ3n) is 6.65. The quantitative estimate of drug-likeness (QED) is 0.464. The number of halogens is 1. The summed E-state index contributed by atoms with van der Waals surface area (Å²) in [5, 5.41) is 13.1. The van der Waals surface area contributed by atoms with Crippen LogP contribution in [0.15, 0.2) is 35.4 Å². The van der Waals surface area contributed by atoms with Gasteiger partial charge in [-0.1, -0.05) is 0 Å². The molecule has 1 saturated heterocycles. The summed E-state index contributed by atoms with van der Waals surface area (Å²) in [6, 6.07) is 4.50. The van der Waals surface area contributed by atoms with Crippen molar-refractivity contribution in [1.82, 2.24) is 24.5 Å². The van der Waals surface area contributed by atoms with Crippen molar-refractivity contribution in [3.63, 3.8) is 0 Å². The number of anilines is 3. The van der Waals surface area contributed by atoms with Crippen LogP contribution in [-0.4, -0.2) is 70.8 Å². The van der Waals surface area contributed by atoms with Gasteiger partial charge in [0.1, 0.15) is 35.2 Å². The topological polar surface area (TPSA) is 124 Å². The highest BCUT2D eigenvalue weighted by atomic mass is 19.1. The first-order valence-electron chi connectivity index (χ1n) is 11.6. The Kier molecular flexibility index (Phi) is 6.39. The smallest absolute Gasteiger partial charge is 0.274 e. The summed E-state index contributed by atoms with van der Waals surface area (Å²) < 4.78 is 27.8. The van der Waals surface area contributed by atoms with Crippen LogP contribution in [0.25, 0.3) is 5.65 Å². The lowest BCUT2D eigenvalue weighted by Gasteiger charge is -2.32. The van der Waals surface area contributed by atoms with Crippen LogP contribution >= 0.6 is 0 Å². The van der Waals surface area contributed by atoms with Crippen LogP contribution in [-0.2, 0) is 9.47 Å². The lowest BCUT2D eigenvalue weighted by atomic mass is 9.90. The normalized spacial score (nSPS) is 24.1. The molecule has 1 amide bonds. The predicted octanol–water partition coefficient (Wildman–Crippen LogP) is 1.88. The van der Waals surface area contributed by atoms with Crippen LogP contribution in [0, 0.1) is 0 Å². The maximum absolute atomic E-state index is 13.7. The van der Waals surface area contributed by atoms with Gasteiger partial charge in [0.25, 0.3) is 11.5 Å². The van der Waals surface area contributed by atoms with Crippen molar-refractivity contribution in [2.75, 3.05) is 38.0 Å². The summed E-state index contributed by atoms with van der Waals surface area (Å²) in [5.41, 5.74) is 0.610. The summed E-state index contributed by atoms with van der Waals surface area (Å²) >= 11 is 0. The fourth-order valence-electron chi connectivity index (χ4n) is 4.48. The maximum atomic E-state index is 13.7. The number of methoxy groups -OCH3 is 1. The van der Waals surface area contributed by atoms with E-state index in [1.54, 1.807) is 43.1 Å². The Morgan fingerprint density at radius 3 is 2.89 bits per heavy atom. The van der Waals surface area contributed by atoms with Crippen molar-refractivity contribution in [2.45, 2.75) is 43.6 Å². The Hall–Kier alpha value is -3.51. The average Bonchev–Trinajstić information content (AvgIpc) is 3.31. The molecule has 2 aliphatic rings. The van der Waals surface area contributed by atoms with Gasteiger partial charge in [-0.2, -0.15) is 9.61 Å². The van der Waals surface area contributed by atoms with Crippen molar-refractivity contribution >= 4 is 28.9 Å². The number of fused-ring (bicyclic) bond motifs is 1. The SMILES string of the molecule is CNc1cc(Nc2cccn(C3CCOC[C@H]3OC)c2=O)nc2c(C(=O)NC3CC[C@@H]3F)cnn12. The van der Waals surface area contributed by atoms with E-state index in [-0.39, 0.29) is 28.9 Å². The standard InChI is InChI=1S/C23H28FN7O4/c1-25-20-10-19(29-21-13(11-26-31(20)21)22(32)28-15-6-5-14(15)24)27-16-4-3-8-30(23(16)33)17-7-9-35-12-18(17)34-2/h3-4,8,10-11,14-15,17-18,25H,5-7,9,12H2,1-2H3,(H,27,29)(H,28,32)/t14-,15?,17?,18+/m0/s1. The van der Waals surface area contributed by atoms with E-state index in [1.165, 1.54) is 10.7 Å². The summed E-state index contributed by atoms with van der Waals surface area (Å²) in [4.78, 5) is 30.6. The van der Waals surface area contributed by atoms with E-state index in [4.69, 9.17) is 9.47 Å². The highest BCUT2D eigenvalue weighted by Crippen LogP contribution is 2.26. The molecule has 4 atom stereocenters. The summed E-state index contributed by atoms with van der Waals surface area (Å²) in [6.45, 7) is 0.972. The third kappa shape index (κ3) is 4.34. The van der Waals surface area contributed by atoms with Gasteiger partial charge in [-0.3, -0.25) is 9.59 Å². The number of hydrogen-bond donors (Lipinski definition) is 3. The Morgan fingerprint density at radius 1 is 1.31 bits per heavy atom. The minimum absolute atomic E-state index is 0.151. The van der Waals surface area contributed by atoms with Crippen molar-refractivity contribution in [3.05, 3.63) is 46.5 Å². The number of hydrogen-bond acceptors (Lipinski definition) is 8. The number of ether oxygens (including phenoxy) is 2. The fourth-order valence-corrected chi connectivity index (χ4v) is 4.48. The number of amides is 1. The minimum atomic E-state index is -1.03. The van der Waals surface area contributed by atoms with E-state index < -0.39 is 18.1 Å². The molecule has 1 saturated carbocycles. The predicted molar refractivity (Wildman–Crippen MR) is 127 cm³/mol. The van der Waals surface area contributed by atoms with E-state index in [0.717, 1.165) is 0 Å². The molecule has 0 radical (unpaired) electrons. The summed E-state index contributed by atoms with van der Waals surface area (Å²) in [6.07, 6.45) is 3.59. The molecule has 2 fully saturated rings. The van der Waals surface area contributed by atoms with Gasteiger partial charge in [-0.05, 0) is 31.4 Å². The second kappa shape index (κ2) is 9.62. The van der Waals surface area contributed by atoms with Gasteiger partial charge in [-0.15, -0.1) is 0 Å². The average molecular weight is 486 g/mol. The van der Waals surface area contributed by atoms with Crippen LogP contribution in [0.3, 0.4) is 0 Å². The van der Waals surface area contributed by atoms with Gasteiger partial charge in [-0.25, -0.2) is 9.37 Å². The Balaban J connectivity index is 1.46. The molecule has 1 aliphatic carbocycles. The number of nitrogens with zero attached hydrogens (tertiary/aromatic N) is 4. The van der Waals surface area contributed by atoms with E-state index >= 15 is 0 Å². The van der Waals surface area contributed by atoms with Crippen LogP contribution in [0.2, 0.25) is 0 Å². The Labute approximate surface area is 200 Å². The van der Waals surface area contributed by atoms with Crippen molar-refractivity contribution in [3.8, 4) is 0 Å². The molecule has 3 N–H and O–H groups in total. The minimum Gasteiger partial charge on any atom is -0.379 e. The first kappa shape index (κ1) is 23.2. The third-order valence-corrected chi connectivity index (χ3v) is 6.65. The van der Waals surface area contributed by atoms with Gasteiger partial charge >= 0.3 is 0 Å². The lowest BCUT2D eigenvalue weighted by Crippen LogP contribution is -2.48. The summed E-state index contributed by atoms with van der Waals surface area (Å²) in [5.74, 6) is 0.475. The zero-order valence-electron chi connectivity index (χ0n) is 19.5. The molecule has 4 heterocycles. The molecule has 35 heavy (non-hydrogen) atoms. The number of carbonyl (C=O) groups excluding carboxylic acids is 1. The molecule has 3 aromatic heterocycles. The van der Waals surface area contributed by atoms with Gasteiger partial charge in [0.2, 0.25) is 0 Å². The van der Waals surface area contributed by atoms with Crippen LogP contribution < -0.4 is 21.5 Å². The zero-order valence-corrected chi connectivity index (χ0v) is 19.5. The molecule has 11 nitrogen and oxygen atoms in total. The van der Waals surface area contributed by atoms with Gasteiger partial charge in [0.15, 0.2) is 5.65 Å². The van der Waals surface area contributed by atoms with Gasteiger partial charge in [0, 0.05) is 33.0 Å². The molecular formula is C23H28FN7O4. The highest BCUT2D eigenvalue weighted by Gasteiger charge is 2.33. The molecule has 186 valence electrons. The molecule has 3 aromatic rings. The molecule has 5 rings (SSSR count). The molecular weight excluding hydrogens is 457 g/mol. The first-order valence-corrected chi connectivity index (χ1v) is 11.6. The zero-order chi connectivity index (χ0) is 24.5. The van der Waals surface area contributed by atoms with Crippen LogP contribution in [0.4, 0.5) is 21.7 Å². The van der Waals surface area contributed by atoms with Crippen LogP contribution in [0.1, 0.15) is 35.7 Å². The number of alkyl halides is 1. The van der Waals surface area contributed by atoms with E-state index in [0.29, 0.717) is 49.8 Å². The van der Waals surface area contributed by atoms with Crippen molar-refractivity contribution in [2.24, 2.45) is 0 Å². The van der Waals surface area contributed by atoms with Crippen LogP contribution in [0.5, 0.6) is 0 Å². The number of rotatable bonds is 7. The number of aromatic nitrogens is 4. The Morgan fingerprint density at radius 2 is 2.17 bits per heavy atom. The largest absolute Gasteiger partial charge is 0.379 e. The number of nitrogens with one attached hydrogen (secondary N) is 3. The number of pyridine rings is 1. The van der Waals surface area contributed by atoms with E-state index in [1.807, 2.05) is 0 Å². The van der Waals surface area contributed by atoms with E-state index in [9.17, 15) is 14.0 Å². The molecule has 0 spiro atoms. The maximum Gasteiger partial charge on any atom is 0.274 e. The Bertz CT molecular complexity index is 1290. The van der Waals surface area contributed by atoms with Crippen molar-refractivity contribution < 1.29 is 18.7 Å². The van der Waals surface area contributed by atoms with Gasteiger partial charge in [0.05, 0.1) is 24.9 Å². The molecule has 0 aromatic carbocycles. The van der Waals surface area contributed by atoms with Crippen molar-refractivity contribution in [1.29, 1.82) is 0 Å². The lowest BCUT2D eigenvalue weighted by molar-refractivity contribution is -0.0609. The monoisotopic (exact) mass is 485 g/mol. The number of carbonyl (C=O) groups is 1.